The zero-order chi connectivity index (χ0) is 11.5. The van der Waals surface area contributed by atoms with Crippen LogP contribution >= 0.6 is 0 Å². The van der Waals surface area contributed by atoms with Crippen LogP contribution in [-0.4, -0.2) is 11.2 Å². The van der Waals surface area contributed by atoms with Crippen molar-refractivity contribution < 1.29 is 5.11 Å². The van der Waals surface area contributed by atoms with Crippen molar-refractivity contribution >= 4 is 0 Å². The van der Waals surface area contributed by atoms with E-state index in [-0.39, 0.29) is 6.10 Å². The first-order chi connectivity index (χ1) is 7.24. The van der Waals surface area contributed by atoms with E-state index in [9.17, 15) is 5.11 Å². The minimum absolute atomic E-state index is 0.244. The molecule has 0 aliphatic heterocycles. The molecule has 0 aromatic heterocycles. The van der Waals surface area contributed by atoms with Crippen molar-refractivity contribution in [3.05, 3.63) is 23.8 Å². The van der Waals surface area contributed by atoms with Crippen molar-refractivity contribution in [3.63, 3.8) is 0 Å². The standard InChI is InChI=1S/C14H26O/c1-4-7-8-9-10-11-13(5-2)12-14(15)6-3/h7-8,12,14-15H,4-6,9-11H2,1-3H3/b8-7+,13-12+. The number of allylic oxidation sites excluding steroid dienone is 3. The van der Waals surface area contributed by atoms with Crippen LogP contribution in [0.5, 0.6) is 0 Å². The van der Waals surface area contributed by atoms with Gasteiger partial charge < -0.3 is 5.11 Å². The van der Waals surface area contributed by atoms with E-state index in [0.717, 1.165) is 32.1 Å². The smallest absolute Gasteiger partial charge is 0.0720 e. The highest BCUT2D eigenvalue weighted by molar-refractivity contribution is 5.04. The van der Waals surface area contributed by atoms with Crippen LogP contribution in [0.4, 0.5) is 0 Å². The van der Waals surface area contributed by atoms with Gasteiger partial charge in [0.15, 0.2) is 0 Å². The van der Waals surface area contributed by atoms with Crippen LogP contribution in [0.3, 0.4) is 0 Å². The van der Waals surface area contributed by atoms with E-state index >= 15 is 0 Å². The lowest BCUT2D eigenvalue weighted by molar-refractivity contribution is 0.217. The van der Waals surface area contributed by atoms with Crippen molar-refractivity contribution in [2.75, 3.05) is 0 Å². The molecule has 0 aliphatic rings. The number of aliphatic hydroxyl groups is 1. The average molecular weight is 210 g/mol. The van der Waals surface area contributed by atoms with Gasteiger partial charge in [-0.25, -0.2) is 0 Å². The first-order valence-corrected chi connectivity index (χ1v) is 6.27. The van der Waals surface area contributed by atoms with Gasteiger partial charge in [-0.15, -0.1) is 0 Å². The molecule has 0 fully saturated rings. The maximum Gasteiger partial charge on any atom is 0.0720 e. The van der Waals surface area contributed by atoms with Crippen LogP contribution in [0.15, 0.2) is 23.8 Å². The third kappa shape index (κ3) is 8.44. The molecule has 0 saturated carbocycles. The second kappa shape index (κ2) is 9.97. The second-order valence-electron chi connectivity index (χ2n) is 3.93. The van der Waals surface area contributed by atoms with Crippen LogP contribution in [-0.2, 0) is 0 Å². The Morgan fingerprint density at radius 2 is 1.93 bits per heavy atom. The zero-order valence-electron chi connectivity index (χ0n) is 10.5. The van der Waals surface area contributed by atoms with Gasteiger partial charge in [0.1, 0.15) is 0 Å². The molecule has 0 aliphatic carbocycles. The minimum Gasteiger partial charge on any atom is -0.389 e. The van der Waals surface area contributed by atoms with Gasteiger partial charge in [-0.3, -0.25) is 0 Å². The van der Waals surface area contributed by atoms with Gasteiger partial charge in [0, 0.05) is 0 Å². The van der Waals surface area contributed by atoms with Gasteiger partial charge in [-0.05, 0) is 38.5 Å². The Labute approximate surface area is 94.9 Å². The van der Waals surface area contributed by atoms with Crippen LogP contribution < -0.4 is 0 Å². The Kier molecular flexibility index (Phi) is 9.60. The first kappa shape index (κ1) is 14.4. The van der Waals surface area contributed by atoms with Crippen LogP contribution in [0.2, 0.25) is 0 Å². The third-order valence-corrected chi connectivity index (χ3v) is 2.57. The highest BCUT2D eigenvalue weighted by atomic mass is 16.3. The van der Waals surface area contributed by atoms with E-state index < -0.39 is 0 Å². The maximum atomic E-state index is 9.51. The summed E-state index contributed by atoms with van der Waals surface area (Å²) >= 11 is 0. The molecule has 0 heterocycles. The lowest BCUT2D eigenvalue weighted by atomic mass is 10.0. The molecule has 1 unspecified atom stereocenters. The lowest BCUT2D eigenvalue weighted by Crippen LogP contribution is -2.00. The predicted octanol–water partition coefficient (Wildman–Crippen LogP) is 4.23. The summed E-state index contributed by atoms with van der Waals surface area (Å²) in [6.45, 7) is 6.33. The molecule has 88 valence electrons. The largest absolute Gasteiger partial charge is 0.389 e. The van der Waals surface area contributed by atoms with E-state index in [0.29, 0.717) is 0 Å². The quantitative estimate of drug-likeness (QED) is 0.469. The van der Waals surface area contributed by atoms with Gasteiger partial charge in [-0.1, -0.05) is 44.6 Å². The fourth-order valence-corrected chi connectivity index (χ4v) is 1.50. The Morgan fingerprint density at radius 3 is 2.47 bits per heavy atom. The summed E-state index contributed by atoms with van der Waals surface area (Å²) < 4.78 is 0. The normalized spacial score (nSPS) is 14.8. The monoisotopic (exact) mass is 210 g/mol. The summed E-state index contributed by atoms with van der Waals surface area (Å²) in [5.41, 5.74) is 1.40. The highest BCUT2D eigenvalue weighted by Crippen LogP contribution is 2.13. The van der Waals surface area contributed by atoms with E-state index in [4.69, 9.17) is 0 Å². The van der Waals surface area contributed by atoms with E-state index in [1.165, 1.54) is 12.0 Å². The molecule has 1 N–H and O–H groups in total. The Bertz CT molecular complexity index is 192. The molecule has 1 atom stereocenters. The Morgan fingerprint density at radius 1 is 1.20 bits per heavy atom. The average Bonchev–Trinajstić information content (AvgIpc) is 2.26. The van der Waals surface area contributed by atoms with Crippen molar-refractivity contribution in [3.8, 4) is 0 Å². The number of unbranched alkanes of at least 4 members (excludes halogenated alkanes) is 1. The predicted molar refractivity (Wildman–Crippen MR) is 68.0 cm³/mol. The second-order valence-corrected chi connectivity index (χ2v) is 3.93. The lowest BCUT2D eigenvalue weighted by Gasteiger charge is -2.07. The zero-order valence-corrected chi connectivity index (χ0v) is 10.5. The number of rotatable bonds is 8. The molecule has 0 spiro atoms. The van der Waals surface area contributed by atoms with Crippen molar-refractivity contribution in [2.45, 2.75) is 65.4 Å². The SMILES string of the molecule is CC/C=C/CCC/C(=C/C(O)CC)CC. The van der Waals surface area contributed by atoms with Crippen LogP contribution in [0, 0.1) is 0 Å². The summed E-state index contributed by atoms with van der Waals surface area (Å²) in [5.74, 6) is 0. The van der Waals surface area contributed by atoms with Crippen LogP contribution in [0.25, 0.3) is 0 Å². The van der Waals surface area contributed by atoms with Gasteiger partial charge in [-0.2, -0.15) is 0 Å². The summed E-state index contributed by atoms with van der Waals surface area (Å²) in [6, 6.07) is 0. The minimum atomic E-state index is -0.244. The molecular formula is C14H26O. The summed E-state index contributed by atoms with van der Waals surface area (Å²) in [7, 11) is 0. The maximum absolute atomic E-state index is 9.51. The molecule has 15 heavy (non-hydrogen) atoms. The van der Waals surface area contributed by atoms with Crippen molar-refractivity contribution in [1.82, 2.24) is 0 Å². The molecule has 0 bridgehead atoms. The number of aliphatic hydroxyl groups excluding tert-OH is 1. The van der Waals surface area contributed by atoms with Gasteiger partial charge >= 0.3 is 0 Å². The van der Waals surface area contributed by atoms with E-state index in [1.54, 1.807) is 0 Å². The Hall–Kier alpha value is -0.560. The van der Waals surface area contributed by atoms with Gasteiger partial charge in [0.2, 0.25) is 0 Å². The Balaban J connectivity index is 3.79. The van der Waals surface area contributed by atoms with E-state index in [1.807, 2.05) is 13.0 Å². The third-order valence-electron chi connectivity index (χ3n) is 2.57. The summed E-state index contributed by atoms with van der Waals surface area (Å²) in [4.78, 5) is 0. The molecule has 1 heteroatoms. The number of hydrogen-bond donors (Lipinski definition) is 1. The summed E-state index contributed by atoms with van der Waals surface area (Å²) in [6.07, 6.45) is 12.8. The molecular weight excluding hydrogens is 184 g/mol. The molecule has 0 saturated heterocycles. The topological polar surface area (TPSA) is 20.2 Å². The van der Waals surface area contributed by atoms with E-state index in [2.05, 4.69) is 26.0 Å². The molecule has 1 nitrogen and oxygen atoms in total. The van der Waals surface area contributed by atoms with Crippen molar-refractivity contribution in [1.29, 1.82) is 0 Å². The first-order valence-electron chi connectivity index (χ1n) is 6.27. The van der Waals surface area contributed by atoms with Crippen molar-refractivity contribution in [2.24, 2.45) is 0 Å². The van der Waals surface area contributed by atoms with Gasteiger partial charge in [0.25, 0.3) is 0 Å². The molecule has 0 aromatic rings. The summed E-state index contributed by atoms with van der Waals surface area (Å²) in [5, 5.41) is 9.51. The van der Waals surface area contributed by atoms with Gasteiger partial charge in [0.05, 0.1) is 6.10 Å². The fraction of sp³-hybridized carbons (Fsp3) is 0.714. The molecule has 0 rings (SSSR count). The van der Waals surface area contributed by atoms with Crippen LogP contribution in [0.1, 0.15) is 59.3 Å². The fourth-order valence-electron chi connectivity index (χ4n) is 1.50. The molecule has 0 amide bonds. The highest BCUT2D eigenvalue weighted by Gasteiger charge is 1.99. The molecule has 0 radical (unpaired) electrons. The molecule has 0 aromatic carbocycles. The number of hydrogen-bond acceptors (Lipinski definition) is 1.